The van der Waals surface area contributed by atoms with Crippen LogP contribution in [0.3, 0.4) is 0 Å². The summed E-state index contributed by atoms with van der Waals surface area (Å²) in [6.07, 6.45) is 0. The molecular weight excluding hydrogens is 333 g/mol. The Morgan fingerprint density at radius 2 is 1.48 bits per heavy atom. The van der Waals surface area contributed by atoms with Crippen LogP contribution in [-0.4, -0.2) is 11.7 Å². The van der Waals surface area contributed by atoms with E-state index in [0.29, 0.717) is 26.9 Å². The first-order valence-corrected chi connectivity index (χ1v) is 7.09. The number of amides is 1. The summed E-state index contributed by atoms with van der Waals surface area (Å²) in [4.78, 5) is 23.5. The average Bonchev–Trinajstić information content (AvgIpc) is 2.43. The highest BCUT2D eigenvalue weighted by Crippen LogP contribution is 2.26. The summed E-state index contributed by atoms with van der Waals surface area (Å²) in [6, 6.07) is 9.23. The summed E-state index contributed by atoms with van der Waals surface area (Å²) in [5, 5.41) is 3.64. The quantitative estimate of drug-likeness (QED) is 0.789. The Morgan fingerprint density at radius 3 is 2.10 bits per heavy atom. The Morgan fingerprint density at radius 1 is 0.857 bits per heavy atom. The third-order valence-corrected chi connectivity index (χ3v) is 3.87. The van der Waals surface area contributed by atoms with Crippen LogP contribution in [0.5, 0.6) is 0 Å². The topological polar surface area (TPSA) is 46.2 Å². The van der Waals surface area contributed by atoms with Crippen molar-refractivity contribution >= 4 is 52.2 Å². The van der Waals surface area contributed by atoms with E-state index in [1.54, 1.807) is 18.2 Å². The molecule has 0 spiro atoms. The summed E-state index contributed by atoms with van der Waals surface area (Å²) in [5.41, 5.74) is 1.16. The molecule has 0 fully saturated rings. The van der Waals surface area contributed by atoms with Crippen molar-refractivity contribution in [2.45, 2.75) is 6.92 Å². The highest BCUT2D eigenvalue weighted by Gasteiger charge is 2.12. The number of benzene rings is 2. The number of nitrogens with one attached hydrogen (secondary N) is 1. The van der Waals surface area contributed by atoms with Crippen molar-refractivity contribution in [3.8, 4) is 0 Å². The van der Waals surface area contributed by atoms with Crippen LogP contribution in [0.2, 0.25) is 15.1 Å². The van der Waals surface area contributed by atoms with E-state index in [1.807, 2.05) is 0 Å². The summed E-state index contributed by atoms with van der Waals surface area (Å²) in [5.74, 6) is -0.507. The second-order valence-electron chi connectivity index (χ2n) is 4.33. The van der Waals surface area contributed by atoms with Gasteiger partial charge in [0.15, 0.2) is 5.78 Å². The van der Waals surface area contributed by atoms with Gasteiger partial charge in [0.2, 0.25) is 0 Å². The Kier molecular flexibility index (Phi) is 4.88. The molecule has 108 valence electrons. The normalized spacial score (nSPS) is 10.3. The fraction of sp³-hybridized carbons (Fsp3) is 0.0667. The Hall–Kier alpha value is -1.55. The molecule has 0 saturated heterocycles. The minimum atomic E-state index is -0.392. The first kappa shape index (κ1) is 15.8. The fourth-order valence-corrected chi connectivity index (χ4v) is 2.13. The third kappa shape index (κ3) is 3.76. The van der Waals surface area contributed by atoms with Gasteiger partial charge in [-0.25, -0.2) is 0 Å². The lowest BCUT2D eigenvalue weighted by Crippen LogP contribution is -2.12. The molecule has 2 aromatic carbocycles. The van der Waals surface area contributed by atoms with Gasteiger partial charge in [0, 0.05) is 11.1 Å². The maximum Gasteiger partial charge on any atom is 0.255 e. The highest BCUT2D eigenvalue weighted by molar-refractivity contribution is 6.42. The Bertz CT molecular complexity index is 729. The second kappa shape index (κ2) is 6.48. The molecule has 0 aromatic heterocycles. The lowest BCUT2D eigenvalue weighted by molar-refractivity contribution is 0.101. The molecule has 2 rings (SSSR count). The molecule has 0 heterocycles. The molecule has 0 bridgehead atoms. The first-order valence-electron chi connectivity index (χ1n) is 5.95. The molecule has 0 unspecified atom stereocenters. The van der Waals surface area contributed by atoms with Gasteiger partial charge in [-0.1, -0.05) is 34.8 Å². The minimum Gasteiger partial charge on any atom is -0.321 e. The van der Waals surface area contributed by atoms with Gasteiger partial charge in [-0.15, -0.1) is 0 Å². The number of carbonyl (C=O) groups excluding carboxylic acids is 2. The van der Waals surface area contributed by atoms with Crippen molar-refractivity contribution in [3.05, 3.63) is 62.6 Å². The maximum atomic E-state index is 12.2. The van der Waals surface area contributed by atoms with Crippen LogP contribution in [0, 0.1) is 0 Å². The second-order valence-corrected chi connectivity index (χ2v) is 5.56. The molecule has 6 heteroatoms. The zero-order valence-electron chi connectivity index (χ0n) is 10.9. The largest absolute Gasteiger partial charge is 0.321 e. The number of Topliss-reactive ketones (excluding diaryl/α,β-unsaturated/α-hetero) is 1. The van der Waals surface area contributed by atoms with E-state index >= 15 is 0 Å². The van der Waals surface area contributed by atoms with Crippen LogP contribution in [0.1, 0.15) is 27.6 Å². The lowest BCUT2D eigenvalue weighted by atomic mass is 10.1. The van der Waals surface area contributed by atoms with E-state index in [4.69, 9.17) is 34.8 Å². The molecule has 3 nitrogen and oxygen atoms in total. The van der Waals surface area contributed by atoms with Gasteiger partial charge in [0.05, 0.1) is 20.8 Å². The van der Waals surface area contributed by atoms with Gasteiger partial charge in [0.1, 0.15) is 0 Å². The van der Waals surface area contributed by atoms with Crippen LogP contribution in [0.4, 0.5) is 5.69 Å². The molecule has 0 radical (unpaired) electrons. The van der Waals surface area contributed by atoms with Gasteiger partial charge in [-0.2, -0.15) is 0 Å². The van der Waals surface area contributed by atoms with Gasteiger partial charge in [0.25, 0.3) is 5.91 Å². The molecule has 0 aliphatic carbocycles. The van der Waals surface area contributed by atoms with E-state index in [0.717, 1.165) is 0 Å². The number of halogens is 3. The fourth-order valence-electron chi connectivity index (χ4n) is 1.67. The molecule has 1 N–H and O–H groups in total. The van der Waals surface area contributed by atoms with Crippen molar-refractivity contribution in [1.82, 2.24) is 0 Å². The Labute approximate surface area is 136 Å². The molecule has 21 heavy (non-hydrogen) atoms. The van der Waals surface area contributed by atoms with Crippen LogP contribution in [-0.2, 0) is 0 Å². The number of hydrogen-bond acceptors (Lipinski definition) is 2. The predicted molar refractivity (Wildman–Crippen MR) is 85.9 cm³/mol. The van der Waals surface area contributed by atoms with E-state index in [2.05, 4.69) is 5.32 Å². The zero-order valence-corrected chi connectivity index (χ0v) is 13.2. The van der Waals surface area contributed by atoms with E-state index in [-0.39, 0.29) is 10.8 Å². The van der Waals surface area contributed by atoms with Crippen molar-refractivity contribution in [1.29, 1.82) is 0 Å². The van der Waals surface area contributed by atoms with Gasteiger partial charge in [-0.05, 0) is 43.3 Å². The van der Waals surface area contributed by atoms with Crippen molar-refractivity contribution in [3.63, 3.8) is 0 Å². The van der Waals surface area contributed by atoms with Crippen LogP contribution in [0.25, 0.3) is 0 Å². The number of carbonyl (C=O) groups is 2. The van der Waals surface area contributed by atoms with Gasteiger partial charge in [-0.3, -0.25) is 9.59 Å². The number of ketones is 1. The zero-order chi connectivity index (χ0) is 15.6. The average molecular weight is 343 g/mol. The standard InChI is InChI=1S/C15H10Cl3NO2/c1-8(20)9-2-5-12(17)14(7-9)19-15(21)10-3-4-11(16)13(18)6-10/h2-7H,1H3,(H,19,21). The molecule has 1 amide bonds. The summed E-state index contributed by atoms with van der Waals surface area (Å²) < 4.78 is 0. The number of hydrogen-bond donors (Lipinski definition) is 1. The predicted octanol–water partition coefficient (Wildman–Crippen LogP) is 5.10. The van der Waals surface area contributed by atoms with Crippen molar-refractivity contribution in [2.75, 3.05) is 5.32 Å². The highest BCUT2D eigenvalue weighted by atomic mass is 35.5. The molecule has 0 atom stereocenters. The molecule has 2 aromatic rings. The van der Waals surface area contributed by atoms with Crippen molar-refractivity contribution < 1.29 is 9.59 Å². The van der Waals surface area contributed by atoms with Crippen LogP contribution >= 0.6 is 34.8 Å². The van der Waals surface area contributed by atoms with Gasteiger partial charge >= 0.3 is 0 Å². The van der Waals surface area contributed by atoms with E-state index in [9.17, 15) is 9.59 Å². The lowest BCUT2D eigenvalue weighted by Gasteiger charge is -2.09. The summed E-state index contributed by atoms with van der Waals surface area (Å²) in [7, 11) is 0. The maximum absolute atomic E-state index is 12.2. The SMILES string of the molecule is CC(=O)c1ccc(Cl)c(NC(=O)c2ccc(Cl)c(Cl)c2)c1. The molecule has 0 aliphatic rings. The van der Waals surface area contributed by atoms with Crippen molar-refractivity contribution in [2.24, 2.45) is 0 Å². The first-order chi connectivity index (χ1) is 9.88. The monoisotopic (exact) mass is 341 g/mol. The van der Waals surface area contributed by atoms with Crippen LogP contribution < -0.4 is 5.32 Å². The minimum absolute atomic E-state index is 0.114. The molecule has 0 aliphatic heterocycles. The smallest absolute Gasteiger partial charge is 0.255 e. The summed E-state index contributed by atoms with van der Waals surface area (Å²) in [6.45, 7) is 1.44. The third-order valence-electron chi connectivity index (χ3n) is 2.80. The van der Waals surface area contributed by atoms with Crippen LogP contribution in [0.15, 0.2) is 36.4 Å². The number of rotatable bonds is 3. The number of anilines is 1. The molecular formula is C15H10Cl3NO2. The molecule has 0 saturated carbocycles. The summed E-state index contributed by atoms with van der Waals surface area (Å²) >= 11 is 17.7. The Balaban J connectivity index is 2.28. The van der Waals surface area contributed by atoms with E-state index < -0.39 is 5.91 Å². The van der Waals surface area contributed by atoms with E-state index in [1.165, 1.54) is 25.1 Å². The van der Waals surface area contributed by atoms with Gasteiger partial charge < -0.3 is 5.32 Å².